The van der Waals surface area contributed by atoms with Crippen molar-refractivity contribution in [2.45, 2.75) is 38.5 Å². The van der Waals surface area contributed by atoms with Gasteiger partial charge < -0.3 is 4.42 Å². The van der Waals surface area contributed by atoms with Gasteiger partial charge in [-0.05, 0) is 39.8 Å². The molecule has 2 aromatic heterocycles. The number of furan rings is 1. The second kappa shape index (κ2) is 4.82. The molecule has 0 fully saturated rings. The van der Waals surface area contributed by atoms with E-state index in [2.05, 4.69) is 9.71 Å². The molecule has 0 aliphatic heterocycles. The molecule has 0 spiro atoms. The number of rotatable bonds is 3. The Morgan fingerprint density at radius 2 is 2.17 bits per heavy atom. The van der Waals surface area contributed by atoms with Crippen molar-refractivity contribution in [2.75, 3.05) is 0 Å². The van der Waals surface area contributed by atoms with Crippen molar-refractivity contribution < 1.29 is 8.63 Å². The number of hydrogen-bond acceptors (Lipinski definition) is 3. The van der Waals surface area contributed by atoms with E-state index in [0.717, 1.165) is 16.7 Å². The highest BCUT2D eigenvalue weighted by molar-refractivity contribution is 7.84. The van der Waals surface area contributed by atoms with E-state index in [0.29, 0.717) is 0 Å². The SMILES string of the molecule is CC(NS(=O)C(C)(C)C)c1cc2cnccc2o1. The second-order valence-corrected chi connectivity index (χ2v) is 7.28. The Balaban J connectivity index is 2.18. The van der Waals surface area contributed by atoms with Gasteiger partial charge in [-0.1, -0.05) is 0 Å². The highest BCUT2D eigenvalue weighted by Gasteiger charge is 2.23. The van der Waals surface area contributed by atoms with Crippen LogP contribution in [0.15, 0.2) is 28.9 Å². The van der Waals surface area contributed by atoms with E-state index >= 15 is 0 Å². The molecular weight excluding hydrogens is 248 g/mol. The third-order valence-electron chi connectivity index (χ3n) is 2.60. The lowest BCUT2D eigenvalue weighted by Crippen LogP contribution is -2.34. The Labute approximate surface area is 109 Å². The molecule has 0 aliphatic carbocycles. The van der Waals surface area contributed by atoms with Crippen LogP contribution in [0.5, 0.6) is 0 Å². The standard InChI is InChI=1S/C13H18N2O2S/c1-9(15-18(16)13(2,3)4)12-7-10-8-14-6-5-11(10)17-12/h5-9,15H,1-4H3. The highest BCUT2D eigenvalue weighted by atomic mass is 32.2. The van der Waals surface area contributed by atoms with Crippen molar-refractivity contribution in [3.8, 4) is 0 Å². The first kappa shape index (κ1) is 13.2. The summed E-state index contributed by atoms with van der Waals surface area (Å²) in [5, 5.41) is 0.961. The van der Waals surface area contributed by atoms with Gasteiger partial charge >= 0.3 is 0 Å². The summed E-state index contributed by atoms with van der Waals surface area (Å²) in [6.07, 6.45) is 3.46. The Morgan fingerprint density at radius 3 is 2.78 bits per heavy atom. The molecule has 0 saturated carbocycles. The van der Waals surface area contributed by atoms with E-state index in [9.17, 15) is 4.21 Å². The minimum Gasteiger partial charge on any atom is -0.459 e. The maximum absolute atomic E-state index is 12.0. The fourth-order valence-corrected chi connectivity index (χ4v) is 2.30. The van der Waals surface area contributed by atoms with Gasteiger partial charge in [0.1, 0.15) is 11.3 Å². The van der Waals surface area contributed by atoms with Crippen LogP contribution in [0, 0.1) is 0 Å². The lowest BCUT2D eigenvalue weighted by atomic mass is 10.2. The van der Waals surface area contributed by atoms with Gasteiger partial charge in [-0.3, -0.25) is 4.98 Å². The number of pyridine rings is 1. The van der Waals surface area contributed by atoms with Crippen LogP contribution in [0.2, 0.25) is 0 Å². The van der Waals surface area contributed by atoms with Crippen molar-refractivity contribution in [3.05, 3.63) is 30.3 Å². The highest BCUT2D eigenvalue weighted by Crippen LogP contribution is 2.24. The lowest BCUT2D eigenvalue weighted by molar-refractivity contribution is 0.492. The quantitative estimate of drug-likeness (QED) is 0.929. The van der Waals surface area contributed by atoms with Crippen molar-refractivity contribution in [3.63, 3.8) is 0 Å². The van der Waals surface area contributed by atoms with E-state index in [1.807, 2.05) is 39.8 Å². The number of fused-ring (bicyclic) bond motifs is 1. The first-order valence-electron chi connectivity index (χ1n) is 5.89. The zero-order valence-electron chi connectivity index (χ0n) is 11.1. The number of aromatic nitrogens is 1. The summed E-state index contributed by atoms with van der Waals surface area (Å²) in [5.41, 5.74) is 0.801. The monoisotopic (exact) mass is 266 g/mol. The minimum absolute atomic E-state index is 0.0996. The fraction of sp³-hybridized carbons (Fsp3) is 0.462. The molecule has 0 aromatic carbocycles. The molecule has 18 heavy (non-hydrogen) atoms. The Morgan fingerprint density at radius 1 is 1.44 bits per heavy atom. The van der Waals surface area contributed by atoms with Crippen LogP contribution >= 0.6 is 0 Å². The number of nitrogens with zero attached hydrogens (tertiary/aromatic N) is 1. The molecule has 2 aromatic rings. The summed E-state index contributed by atoms with van der Waals surface area (Å²) >= 11 is 0. The maximum atomic E-state index is 12.0. The molecule has 0 aliphatic rings. The maximum Gasteiger partial charge on any atom is 0.137 e. The van der Waals surface area contributed by atoms with Crippen molar-refractivity contribution >= 4 is 22.0 Å². The molecule has 0 amide bonds. The predicted octanol–water partition coefficient (Wildman–Crippen LogP) is 2.94. The third kappa shape index (κ3) is 2.79. The molecule has 1 N–H and O–H groups in total. The summed E-state index contributed by atoms with van der Waals surface area (Å²) in [7, 11) is -1.12. The molecule has 2 rings (SSSR count). The Hall–Kier alpha value is -1.20. The zero-order valence-corrected chi connectivity index (χ0v) is 11.9. The van der Waals surface area contributed by atoms with Crippen LogP contribution in [-0.2, 0) is 11.0 Å². The van der Waals surface area contributed by atoms with E-state index in [1.165, 1.54) is 0 Å². The molecule has 5 heteroatoms. The van der Waals surface area contributed by atoms with Crippen LogP contribution in [0.3, 0.4) is 0 Å². The second-order valence-electron chi connectivity index (χ2n) is 5.28. The summed E-state index contributed by atoms with van der Waals surface area (Å²) in [4.78, 5) is 4.05. The van der Waals surface area contributed by atoms with Gasteiger partial charge in [0.05, 0.1) is 21.8 Å². The summed E-state index contributed by atoms with van der Waals surface area (Å²) in [6, 6.07) is 3.66. The summed E-state index contributed by atoms with van der Waals surface area (Å²) < 4.78 is 20.5. The molecule has 2 heterocycles. The topological polar surface area (TPSA) is 55.1 Å². The van der Waals surface area contributed by atoms with Gasteiger partial charge in [0.2, 0.25) is 0 Å². The van der Waals surface area contributed by atoms with E-state index in [-0.39, 0.29) is 10.8 Å². The van der Waals surface area contributed by atoms with Gasteiger partial charge in [-0.25, -0.2) is 8.93 Å². The molecule has 4 nitrogen and oxygen atoms in total. The van der Waals surface area contributed by atoms with Gasteiger partial charge in [-0.2, -0.15) is 0 Å². The first-order valence-corrected chi connectivity index (χ1v) is 7.04. The third-order valence-corrected chi connectivity index (χ3v) is 4.28. The minimum atomic E-state index is -1.12. The average molecular weight is 266 g/mol. The molecular formula is C13H18N2O2S. The van der Waals surface area contributed by atoms with Crippen molar-refractivity contribution in [1.82, 2.24) is 9.71 Å². The van der Waals surface area contributed by atoms with E-state index < -0.39 is 11.0 Å². The summed E-state index contributed by atoms with van der Waals surface area (Å²) in [6.45, 7) is 7.75. The number of hydrogen-bond donors (Lipinski definition) is 1. The van der Waals surface area contributed by atoms with Crippen LogP contribution in [0.4, 0.5) is 0 Å². The van der Waals surface area contributed by atoms with Crippen molar-refractivity contribution in [2.24, 2.45) is 0 Å². The van der Waals surface area contributed by atoms with Crippen LogP contribution < -0.4 is 4.72 Å². The van der Waals surface area contributed by atoms with E-state index in [1.54, 1.807) is 12.4 Å². The molecule has 0 saturated heterocycles. The van der Waals surface area contributed by atoms with Gasteiger partial charge in [-0.15, -0.1) is 0 Å². The van der Waals surface area contributed by atoms with Gasteiger partial charge in [0, 0.05) is 17.8 Å². The Kier molecular flexibility index (Phi) is 3.54. The molecule has 2 unspecified atom stereocenters. The predicted molar refractivity (Wildman–Crippen MR) is 73.5 cm³/mol. The first-order chi connectivity index (χ1) is 8.38. The van der Waals surface area contributed by atoms with Gasteiger partial charge in [0.15, 0.2) is 0 Å². The zero-order chi connectivity index (χ0) is 13.3. The fourth-order valence-electron chi connectivity index (χ4n) is 1.51. The number of nitrogens with one attached hydrogen (secondary N) is 1. The molecule has 0 bridgehead atoms. The van der Waals surface area contributed by atoms with Gasteiger partial charge in [0.25, 0.3) is 0 Å². The normalized spacial score (nSPS) is 15.8. The molecule has 2 atom stereocenters. The smallest absolute Gasteiger partial charge is 0.137 e. The van der Waals surface area contributed by atoms with Crippen LogP contribution in [-0.4, -0.2) is 13.9 Å². The van der Waals surface area contributed by atoms with Crippen LogP contribution in [0.25, 0.3) is 11.0 Å². The average Bonchev–Trinajstić information content (AvgIpc) is 2.71. The largest absolute Gasteiger partial charge is 0.459 e. The Bertz CT molecular complexity index is 539. The lowest BCUT2D eigenvalue weighted by Gasteiger charge is -2.20. The molecule has 98 valence electrons. The van der Waals surface area contributed by atoms with E-state index in [4.69, 9.17) is 4.42 Å². The van der Waals surface area contributed by atoms with Crippen LogP contribution in [0.1, 0.15) is 39.5 Å². The summed E-state index contributed by atoms with van der Waals surface area (Å²) in [5.74, 6) is 0.774. The van der Waals surface area contributed by atoms with Crippen molar-refractivity contribution in [1.29, 1.82) is 0 Å². The molecule has 0 radical (unpaired) electrons.